The minimum absolute atomic E-state index is 0.0492. The number of pyridine rings is 2. The van der Waals surface area contributed by atoms with Crippen molar-refractivity contribution in [2.75, 3.05) is 18.4 Å². The van der Waals surface area contributed by atoms with Gasteiger partial charge < -0.3 is 10.6 Å². The Morgan fingerprint density at radius 1 is 1.12 bits per heavy atom. The molecule has 1 aromatic carbocycles. The number of anilines is 1. The Balaban J connectivity index is 1.64. The highest BCUT2D eigenvalue weighted by atomic mass is 16.1. The minimum atomic E-state index is -0.0492. The Bertz CT molecular complexity index is 922. The zero-order chi connectivity index (χ0) is 18.5. The van der Waals surface area contributed by atoms with Crippen molar-refractivity contribution in [1.82, 2.24) is 15.3 Å². The van der Waals surface area contributed by atoms with Gasteiger partial charge in [-0.05, 0) is 57.0 Å². The molecule has 0 saturated carbocycles. The van der Waals surface area contributed by atoms with Crippen LogP contribution in [0.2, 0.25) is 0 Å². The second-order valence-corrected chi connectivity index (χ2v) is 6.57. The Morgan fingerprint density at radius 2 is 1.96 bits per heavy atom. The summed E-state index contributed by atoms with van der Waals surface area (Å²) in [5, 5.41) is 7.23. The van der Waals surface area contributed by atoms with Gasteiger partial charge in [-0.3, -0.25) is 14.8 Å². The molecule has 3 rings (SSSR count). The summed E-state index contributed by atoms with van der Waals surface area (Å²) in [6, 6.07) is 9.87. The summed E-state index contributed by atoms with van der Waals surface area (Å²) in [5.41, 5.74) is 5.67. The van der Waals surface area contributed by atoms with E-state index in [4.69, 9.17) is 0 Å². The molecule has 0 atom stereocenters. The van der Waals surface area contributed by atoms with E-state index in [2.05, 4.69) is 26.7 Å². The highest BCUT2D eigenvalue weighted by molar-refractivity contribution is 6.07. The second-order valence-electron chi connectivity index (χ2n) is 6.57. The number of rotatable bonds is 6. The third kappa shape index (κ3) is 4.17. The van der Waals surface area contributed by atoms with Crippen LogP contribution in [-0.2, 0) is 0 Å². The number of aryl methyl sites for hydroxylation is 3. The highest BCUT2D eigenvalue weighted by Crippen LogP contribution is 2.23. The molecule has 3 aromatic rings. The molecule has 0 aliphatic heterocycles. The number of carbonyl (C=O) groups excluding carboxylic acids is 1. The molecule has 26 heavy (non-hydrogen) atoms. The Hall–Kier alpha value is -2.95. The monoisotopic (exact) mass is 348 g/mol. The van der Waals surface area contributed by atoms with Crippen molar-refractivity contribution >= 4 is 22.5 Å². The molecule has 2 heterocycles. The number of nitrogens with zero attached hydrogens (tertiary/aromatic N) is 2. The fraction of sp³-hybridized carbons (Fsp3) is 0.286. The average molecular weight is 348 g/mol. The van der Waals surface area contributed by atoms with E-state index in [1.165, 1.54) is 0 Å². The summed E-state index contributed by atoms with van der Waals surface area (Å²) >= 11 is 0. The van der Waals surface area contributed by atoms with E-state index in [0.717, 1.165) is 46.4 Å². The smallest absolute Gasteiger partial charge is 0.252 e. The van der Waals surface area contributed by atoms with Crippen molar-refractivity contribution in [3.63, 3.8) is 0 Å². The fourth-order valence-corrected chi connectivity index (χ4v) is 3.08. The molecule has 0 spiro atoms. The van der Waals surface area contributed by atoms with E-state index in [1.54, 1.807) is 12.4 Å². The van der Waals surface area contributed by atoms with Crippen molar-refractivity contribution in [3.05, 3.63) is 65.1 Å². The molecule has 0 aliphatic rings. The lowest BCUT2D eigenvalue weighted by atomic mass is 10.0. The normalized spacial score (nSPS) is 10.7. The number of aromatic nitrogens is 2. The molecule has 2 aromatic heterocycles. The molecule has 0 bridgehead atoms. The summed E-state index contributed by atoms with van der Waals surface area (Å²) in [6.07, 6.45) is 4.37. The molecule has 5 nitrogen and oxygen atoms in total. The summed E-state index contributed by atoms with van der Waals surface area (Å²) in [6.45, 7) is 7.39. The van der Waals surface area contributed by atoms with E-state index < -0.39 is 0 Å². The third-order valence-corrected chi connectivity index (χ3v) is 4.25. The van der Waals surface area contributed by atoms with Crippen molar-refractivity contribution in [2.45, 2.75) is 27.2 Å². The van der Waals surface area contributed by atoms with Crippen LogP contribution >= 0.6 is 0 Å². The van der Waals surface area contributed by atoms with Crippen molar-refractivity contribution < 1.29 is 4.79 Å². The zero-order valence-corrected chi connectivity index (χ0v) is 15.5. The van der Waals surface area contributed by atoms with Crippen molar-refractivity contribution in [2.24, 2.45) is 0 Å². The number of benzene rings is 1. The van der Waals surface area contributed by atoms with Crippen LogP contribution in [0.1, 0.15) is 33.6 Å². The van der Waals surface area contributed by atoms with Gasteiger partial charge in [-0.2, -0.15) is 0 Å². The maximum absolute atomic E-state index is 12.7. The number of hydrogen-bond acceptors (Lipinski definition) is 4. The molecule has 0 radical (unpaired) electrons. The van der Waals surface area contributed by atoms with Crippen LogP contribution < -0.4 is 10.6 Å². The average Bonchev–Trinajstić information content (AvgIpc) is 2.62. The first-order valence-corrected chi connectivity index (χ1v) is 8.85. The Labute approximate surface area is 153 Å². The maximum atomic E-state index is 12.7. The Morgan fingerprint density at radius 3 is 2.73 bits per heavy atom. The van der Waals surface area contributed by atoms with Crippen LogP contribution in [0.15, 0.2) is 42.7 Å². The number of fused-ring (bicyclic) bond motifs is 1. The first-order valence-electron chi connectivity index (χ1n) is 8.85. The SMILES string of the molecule is Cc1cc(C)c2nc(C)cc(C(=O)NCCCNc3cccnc3)c2c1. The van der Waals surface area contributed by atoms with Gasteiger partial charge in [0, 0.05) is 36.6 Å². The van der Waals surface area contributed by atoms with Crippen molar-refractivity contribution in [1.29, 1.82) is 0 Å². The molecule has 2 N–H and O–H groups in total. The first-order chi connectivity index (χ1) is 12.5. The van der Waals surface area contributed by atoms with E-state index >= 15 is 0 Å². The molecule has 5 heteroatoms. The van der Waals surface area contributed by atoms with Crippen LogP contribution in [0.5, 0.6) is 0 Å². The van der Waals surface area contributed by atoms with Gasteiger partial charge >= 0.3 is 0 Å². The van der Waals surface area contributed by atoms with Gasteiger partial charge in [0.15, 0.2) is 0 Å². The van der Waals surface area contributed by atoms with Gasteiger partial charge in [-0.1, -0.05) is 11.6 Å². The van der Waals surface area contributed by atoms with Gasteiger partial charge in [-0.15, -0.1) is 0 Å². The van der Waals surface area contributed by atoms with Gasteiger partial charge in [0.05, 0.1) is 16.8 Å². The summed E-state index contributed by atoms with van der Waals surface area (Å²) in [5.74, 6) is -0.0492. The van der Waals surface area contributed by atoms with E-state index in [-0.39, 0.29) is 5.91 Å². The molecule has 1 amide bonds. The van der Waals surface area contributed by atoms with E-state index in [1.807, 2.05) is 45.0 Å². The Kier molecular flexibility index (Phi) is 5.46. The molecular formula is C21H24N4O. The lowest BCUT2D eigenvalue weighted by Crippen LogP contribution is -2.26. The van der Waals surface area contributed by atoms with Gasteiger partial charge in [-0.25, -0.2) is 0 Å². The molecule has 134 valence electrons. The summed E-state index contributed by atoms with van der Waals surface area (Å²) < 4.78 is 0. The second kappa shape index (κ2) is 7.95. The predicted molar refractivity (Wildman–Crippen MR) is 106 cm³/mol. The predicted octanol–water partition coefficient (Wildman–Crippen LogP) is 3.79. The van der Waals surface area contributed by atoms with Crippen LogP contribution in [-0.4, -0.2) is 29.0 Å². The summed E-state index contributed by atoms with van der Waals surface area (Å²) in [4.78, 5) is 21.4. The standard InChI is InChI=1S/C21H24N4O/c1-14-10-15(2)20-18(11-14)19(12-16(3)25-20)21(26)24-9-5-8-23-17-6-4-7-22-13-17/h4,6-7,10-13,23H,5,8-9H2,1-3H3,(H,24,26). The van der Waals surface area contributed by atoms with E-state index in [9.17, 15) is 4.79 Å². The topological polar surface area (TPSA) is 66.9 Å². The lowest BCUT2D eigenvalue weighted by Gasteiger charge is -2.12. The van der Waals surface area contributed by atoms with Crippen LogP contribution in [0, 0.1) is 20.8 Å². The molecule has 0 unspecified atom stereocenters. The maximum Gasteiger partial charge on any atom is 0.252 e. The number of nitrogens with one attached hydrogen (secondary N) is 2. The van der Waals surface area contributed by atoms with Crippen LogP contribution in [0.25, 0.3) is 10.9 Å². The molecule has 0 fully saturated rings. The quantitative estimate of drug-likeness (QED) is 0.665. The number of amides is 1. The molecule has 0 saturated heterocycles. The van der Waals surface area contributed by atoms with Crippen LogP contribution in [0.4, 0.5) is 5.69 Å². The third-order valence-electron chi connectivity index (χ3n) is 4.25. The largest absolute Gasteiger partial charge is 0.384 e. The fourth-order valence-electron chi connectivity index (χ4n) is 3.08. The number of hydrogen-bond donors (Lipinski definition) is 2. The van der Waals surface area contributed by atoms with Crippen molar-refractivity contribution in [3.8, 4) is 0 Å². The van der Waals surface area contributed by atoms with Gasteiger partial charge in [0.1, 0.15) is 0 Å². The number of carbonyl (C=O) groups is 1. The minimum Gasteiger partial charge on any atom is -0.384 e. The highest BCUT2D eigenvalue weighted by Gasteiger charge is 2.13. The molecular weight excluding hydrogens is 324 g/mol. The van der Waals surface area contributed by atoms with Gasteiger partial charge in [0.2, 0.25) is 0 Å². The van der Waals surface area contributed by atoms with Gasteiger partial charge in [0.25, 0.3) is 5.91 Å². The lowest BCUT2D eigenvalue weighted by molar-refractivity contribution is 0.0955. The first kappa shape index (κ1) is 17.9. The molecule has 0 aliphatic carbocycles. The summed E-state index contributed by atoms with van der Waals surface area (Å²) in [7, 11) is 0. The van der Waals surface area contributed by atoms with Crippen LogP contribution in [0.3, 0.4) is 0 Å². The van der Waals surface area contributed by atoms with E-state index in [0.29, 0.717) is 12.1 Å². The zero-order valence-electron chi connectivity index (χ0n) is 15.5.